The molecule has 0 unspecified atom stereocenters. The van der Waals surface area contributed by atoms with E-state index in [1.54, 1.807) is 6.20 Å². The highest BCUT2D eigenvalue weighted by Crippen LogP contribution is 2.34. The van der Waals surface area contributed by atoms with E-state index in [4.69, 9.17) is 5.26 Å². The van der Waals surface area contributed by atoms with Gasteiger partial charge in [0.2, 0.25) is 0 Å². The van der Waals surface area contributed by atoms with Crippen molar-refractivity contribution in [1.82, 2.24) is 4.98 Å². The van der Waals surface area contributed by atoms with Gasteiger partial charge in [0.15, 0.2) is 0 Å². The fourth-order valence-electron chi connectivity index (χ4n) is 1.90. The van der Waals surface area contributed by atoms with E-state index >= 15 is 0 Å². The zero-order chi connectivity index (χ0) is 10.8. The van der Waals surface area contributed by atoms with Gasteiger partial charge in [-0.05, 0) is 42.7 Å². The standard InChI is InChI=1S/C13H16N2/c1-9(2)13-12(5-10-3-4-10)6-11(7-14)8-15-13/h6,8-10H,3-5H2,1-2H3. The molecule has 2 nitrogen and oxygen atoms in total. The molecule has 1 aromatic rings. The second-order valence-electron chi connectivity index (χ2n) is 4.68. The van der Waals surface area contributed by atoms with Crippen molar-refractivity contribution in [1.29, 1.82) is 5.26 Å². The van der Waals surface area contributed by atoms with Crippen molar-refractivity contribution in [3.05, 3.63) is 29.1 Å². The lowest BCUT2D eigenvalue weighted by Crippen LogP contribution is -2.02. The van der Waals surface area contributed by atoms with E-state index in [-0.39, 0.29) is 0 Å². The van der Waals surface area contributed by atoms with E-state index in [9.17, 15) is 0 Å². The van der Waals surface area contributed by atoms with E-state index in [0.717, 1.165) is 12.3 Å². The molecule has 0 aliphatic heterocycles. The normalized spacial score (nSPS) is 15.3. The number of hydrogen-bond acceptors (Lipinski definition) is 2. The van der Waals surface area contributed by atoms with E-state index < -0.39 is 0 Å². The van der Waals surface area contributed by atoms with Crippen molar-refractivity contribution in [2.45, 2.75) is 39.0 Å². The molecule has 0 N–H and O–H groups in total. The Kier molecular flexibility index (Phi) is 2.73. The lowest BCUT2D eigenvalue weighted by Gasteiger charge is -2.11. The highest BCUT2D eigenvalue weighted by atomic mass is 14.7. The number of aromatic nitrogens is 1. The lowest BCUT2D eigenvalue weighted by atomic mass is 9.98. The van der Waals surface area contributed by atoms with Crippen molar-refractivity contribution in [2.75, 3.05) is 0 Å². The third-order valence-corrected chi connectivity index (χ3v) is 2.88. The van der Waals surface area contributed by atoms with Gasteiger partial charge in [0.25, 0.3) is 0 Å². The van der Waals surface area contributed by atoms with Crippen LogP contribution in [0.1, 0.15) is 49.4 Å². The minimum Gasteiger partial charge on any atom is -0.259 e. The van der Waals surface area contributed by atoms with Crippen molar-refractivity contribution in [3.8, 4) is 6.07 Å². The second-order valence-corrected chi connectivity index (χ2v) is 4.68. The van der Waals surface area contributed by atoms with Crippen LogP contribution in [0.5, 0.6) is 0 Å². The summed E-state index contributed by atoms with van der Waals surface area (Å²) in [6.07, 6.45) is 5.48. The first-order chi connectivity index (χ1) is 7.20. The van der Waals surface area contributed by atoms with Gasteiger partial charge in [0.1, 0.15) is 6.07 Å². The Morgan fingerprint density at radius 3 is 2.80 bits per heavy atom. The summed E-state index contributed by atoms with van der Waals surface area (Å²) < 4.78 is 0. The summed E-state index contributed by atoms with van der Waals surface area (Å²) in [5, 5.41) is 8.85. The van der Waals surface area contributed by atoms with Crippen LogP contribution in [0.3, 0.4) is 0 Å². The third kappa shape index (κ3) is 2.36. The molecule has 15 heavy (non-hydrogen) atoms. The lowest BCUT2D eigenvalue weighted by molar-refractivity contribution is 0.756. The van der Waals surface area contributed by atoms with E-state index in [2.05, 4.69) is 24.9 Å². The van der Waals surface area contributed by atoms with Crippen LogP contribution in [0.4, 0.5) is 0 Å². The smallest absolute Gasteiger partial charge is 0.101 e. The van der Waals surface area contributed by atoms with Crippen LogP contribution >= 0.6 is 0 Å². The summed E-state index contributed by atoms with van der Waals surface area (Å²) >= 11 is 0. The van der Waals surface area contributed by atoms with E-state index in [1.807, 2.05) is 6.07 Å². The average Bonchev–Trinajstić information content (AvgIpc) is 3.01. The molecule has 0 radical (unpaired) electrons. The number of pyridine rings is 1. The summed E-state index contributed by atoms with van der Waals surface area (Å²) in [4.78, 5) is 4.41. The SMILES string of the molecule is CC(C)c1ncc(C#N)cc1CC1CC1. The van der Waals surface area contributed by atoms with Gasteiger partial charge < -0.3 is 0 Å². The van der Waals surface area contributed by atoms with Crippen LogP contribution in [-0.4, -0.2) is 4.98 Å². The van der Waals surface area contributed by atoms with Crippen LogP contribution in [0, 0.1) is 17.2 Å². The molecule has 78 valence electrons. The summed E-state index contributed by atoms with van der Waals surface area (Å²) in [5.74, 6) is 1.30. The van der Waals surface area contributed by atoms with E-state index in [1.165, 1.54) is 24.1 Å². The van der Waals surface area contributed by atoms with Crippen molar-refractivity contribution >= 4 is 0 Å². The Morgan fingerprint density at radius 2 is 2.27 bits per heavy atom. The maximum Gasteiger partial charge on any atom is 0.101 e. The van der Waals surface area contributed by atoms with E-state index in [0.29, 0.717) is 11.5 Å². The first-order valence-electron chi connectivity index (χ1n) is 5.59. The second kappa shape index (κ2) is 4.02. The highest BCUT2D eigenvalue weighted by Gasteiger charge is 2.23. The molecule has 0 atom stereocenters. The molecule has 1 heterocycles. The Bertz CT molecular complexity index is 397. The Balaban J connectivity index is 2.32. The zero-order valence-electron chi connectivity index (χ0n) is 9.33. The largest absolute Gasteiger partial charge is 0.259 e. The van der Waals surface area contributed by atoms with Gasteiger partial charge in [0, 0.05) is 11.9 Å². The van der Waals surface area contributed by atoms with Gasteiger partial charge in [0.05, 0.1) is 5.56 Å². The van der Waals surface area contributed by atoms with Crippen LogP contribution < -0.4 is 0 Å². The van der Waals surface area contributed by atoms with Gasteiger partial charge in [-0.1, -0.05) is 13.8 Å². The molecule has 1 aliphatic carbocycles. The molecular weight excluding hydrogens is 184 g/mol. The molecule has 1 fully saturated rings. The summed E-state index contributed by atoms with van der Waals surface area (Å²) in [6, 6.07) is 4.18. The molecule has 0 bridgehead atoms. The fourth-order valence-corrected chi connectivity index (χ4v) is 1.90. The van der Waals surface area contributed by atoms with Gasteiger partial charge in [-0.2, -0.15) is 5.26 Å². The van der Waals surface area contributed by atoms with Gasteiger partial charge in [-0.15, -0.1) is 0 Å². The zero-order valence-corrected chi connectivity index (χ0v) is 9.33. The summed E-state index contributed by atoms with van der Waals surface area (Å²) in [5.41, 5.74) is 3.14. The molecular formula is C13H16N2. The van der Waals surface area contributed by atoms with Gasteiger partial charge in [-0.3, -0.25) is 4.98 Å². The number of hydrogen-bond donors (Lipinski definition) is 0. The molecule has 0 amide bonds. The van der Waals surface area contributed by atoms with Crippen molar-refractivity contribution < 1.29 is 0 Å². The molecule has 2 heteroatoms. The minimum absolute atomic E-state index is 0.450. The Morgan fingerprint density at radius 1 is 1.53 bits per heavy atom. The van der Waals surface area contributed by atoms with Gasteiger partial charge in [-0.25, -0.2) is 0 Å². The number of rotatable bonds is 3. The molecule has 1 saturated carbocycles. The summed E-state index contributed by atoms with van der Waals surface area (Å²) in [6.45, 7) is 4.32. The Hall–Kier alpha value is -1.36. The molecule has 1 aromatic heterocycles. The van der Waals surface area contributed by atoms with Crippen LogP contribution in [0.2, 0.25) is 0 Å². The topological polar surface area (TPSA) is 36.7 Å². The molecule has 0 aromatic carbocycles. The molecule has 0 saturated heterocycles. The third-order valence-electron chi connectivity index (χ3n) is 2.88. The van der Waals surface area contributed by atoms with Crippen LogP contribution in [0.15, 0.2) is 12.3 Å². The van der Waals surface area contributed by atoms with Crippen molar-refractivity contribution in [2.24, 2.45) is 5.92 Å². The summed E-state index contributed by atoms with van der Waals surface area (Å²) in [7, 11) is 0. The number of nitriles is 1. The Labute approximate surface area is 91.0 Å². The average molecular weight is 200 g/mol. The van der Waals surface area contributed by atoms with Gasteiger partial charge >= 0.3 is 0 Å². The molecule has 0 spiro atoms. The minimum atomic E-state index is 0.450. The maximum absolute atomic E-state index is 8.85. The monoisotopic (exact) mass is 200 g/mol. The van der Waals surface area contributed by atoms with Crippen LogP contribution in [0.25, 0.3) is 0 Å². The quantitative estimate of drug-likeness (QED) is 0.752. The predicted octanol–water partition coefficient (Wildman–Crippen LogP) is 3.03. The molecule has 2 rings (SSSR count). The fraction of sp³-hybridized carbons (Fsp3) is 0.538. The maximum atomic E-state index is 8.85. The highest BCUT2D eigenvalue weighted by molar-refractivity contribution is 5.34. The van der Waals surface area contributed by atoms with Crippen molar-refractivity contribution in [3.63, 3.8) is 0 Å². The number of nitrogens with zero attached hydrogens (tertiary/aromatic N) is 2. The molecule has 1 aliphatic rings. The first kappa shape index (κ1) is 10.2. The predicted molar refractivity (Wildman–Crippen MR) is 59.5 cm³/mol. The first-order valence-corrected chi connectivity index (χ1v) is 5.59. The van der Waals surface area contributed by atoms with Crippen LogP contribution in [-0.2, 0) is 6.42 Å².